The number of aliphatic carboxylic acids is 1. The smallest absolute Gasteiger partial charge is 0.328 e. The van der Waals surface area contributed by atoms with Crippen LogP contribution in [-0.2, 0) is 16.6 Å². The molecule has 2 aromatic rings. The van der Waals surface area contributed by atoms with Crippen molar-refractivity contribution in [2.75, 3.05) is 5.43 Å². The molecule has 2 heterocycles. The molecule has 0 unspecified atom stereocenters. The molecule has 2 rings (SSSR count). The van der Waals surface area contributed by atoms with E-state index in [4.69, 9.17) is 5.11 Å². The van der Waals surface area contributed by atoms with Crippen molar-refractivity contribution in [2.24, 2.45) is 7.05 Å². The fourth-order valence-corrected chi connectivity index (χ4v) is 1.37. The second-order valence-electron chi connectivity index (χ2n) is 3.51. The number of amides is 1. The quantitative estimate of drug-likeness (QED) is 0.499. The molecule has 9 heteroatoms. The van der Waals surface area contributed by atoms with Gasteiger partial charge < -0.3 is 5.11 Å². The van der Waals surface area contributed by atoms with Crippen molar-refractivity contribution in [3.63, 3.8) is 0 Å². The van der Waals surface area contributed by atoms with Crippen LogP contribution in [0.1, 0.15) is 0 Å². The van der Waals surface area contributed by atoms with E-state index < -0.39 is 11.9 Å². The molecule has 19 heavy (non-hydrogen) atoms. The summed E-state index contributed by atoms with van der Waals surface area (Å²) in [6, 6.07) is 0. The van der Waals surface area contributed by atoms with E-state index in [-0.39, 0.29) is 0 Å². The van der Waals surface area contributed by atoms with Gasteiger partial charge in [0.25, 0.3) is 5.91 Å². The van der Waals surface area contributed by atoms with E-state index in [2.05, 4.69) is 25.9 Å². The Morgan fingerprint density at radius 3 is 2.89 bits per heavy atom. The molecular formula is C10H10N6O3. The normalized spacial score (nSPS) is 10.8. The van der Waals surface area contributed by atoms with Crippen LogP contribution in [0.5, 0.6) is 0 Å². The monoisotopic (exact) mass is 262 g/mol. The van der Waals surface area contributed by atoms with Crippen LogP contribution >= 0.6 is 0 Å². The van der Waals surface area contributed by atoms with E-state index in [1.54, 1.807) is 17.9 Å². The fourth-order valence-electron chi connectivity index (χ4n) is 1.37. The molecule has 3 N–H and O–H groups in total. The molecule has 0 atom stereocenters. The number of nitrogens with zero attached hydrogens (tertiary/aromatic N) is 4. The molecule has 9 nitrogen and oxygen atoms in total. The Hall–Kier alpha value is -2.97. The molecule has 0 saturated carbocycles. The summed E-state index contributed by atoms with van der Waals surface area (Å²) in [7, 11) is 1.73. The highest BCUT2D eigenvalue weighted by molar-refractivity contribution is 5.95. The maximum absolute atomic E-state index is 11.3. The Labute approximate surface area is 106 Å². The largest absolute Gasteiger partial charge is 0.478 e. The minimum Gasteiger partial charge on any atom is -0.478 e. The van der Waals surface area contributed by atoms with Crippen LogP contribution in [0.15, 0.2) is 24.7 Å². The topological polar surface area (TPSA) is 122 Å². The lowest BCUT2D eigenvalue weighted by atomic mass is 10.4. The van der Waals surface area contributed by atoms with Gasteiger partial charge >= 0.3 is 5.97 Å². The molecule has 0 aliphatic rings. The summed E-state index contributed by atoms with van der Waals surface area (Å²) in [5, 5.41) is 13.0. The Kier molecular flexibility index (Phi) is 3.37. The highest BCUT2D eigenvalue weighted by Gasteiger charge is 2.07. The number of aromatic nitrogens is 4. The average Bonchev–Trinajstić information content (AvgIpc) is 2.76. The molecule has 0 fully saturated rings. The van der Waals surface area contributed by atoms with Crippen LogP contribution in [0, 0.1) is 0 Å². The molecule has 2 aromatic heterocycles. The Bertz CT molecular complexity index is 662. The van der Waals surface area contributed by atoms with Gasteiger partial charge in [-0.05, 0) is 0 Å². The summed E-state index contributed by atoms with van der Waals surface area (Å²) in [6.45, 7) is 0. The highest BCUT2D eigenvalue weighted by atomic mass is 16.4. The third-order valence-electron chi connectivity index (χ3n) is 2.21. The van der Waals surface area contributed by atoms with Gasteiger partial charge in [-0.2, -0.15) is 5.10 Å². The summed E-state index contributed by atoms with van der Waals surface area (Å²) in [5.74, 6) is -1.44. The fraction of sp³-hybridized carbons (Fsp3) is 0.100. The molecule has 0 spiro atoms. The Morgan fingerprint density at radius 1 is 1.37 bits per heavy atom. The van der Waals surface area contributed by atoms with E-state index in [1.165, 1.54) is 6.33 Å². The molecule has 1 amide bonds. The van der Waals surface area contributed by atoms with E-state index in [0.29, 0.717) is 16.9 Å². The van der Waals surface area contributed by atoms with Gasteiger partial charge in [0.2, 0.25) is 0 Å². The number of nitrogens with one attached hydrogen (secondary N) is 2. The number of carboxylic acid groups (broad SMARTS) is 1. The van der Waals surface area contributed by atoms with Crippen molar-refractivity contribution in [3.05, 3.63) is 24.7 Å². The lowest BCUT2D eigenvalue weighted by Gasteiger charge is -2.05. The summed E-state index contributed by atoms with van der Waals surface area (Å²) in [5.41, 5.74) is 5.47. The summed E-state index contributed by atoms with van der Waals surface area (Å²) < 4.78 is 1.56. The van der Waals surface area contributed by atoms with Gasteiger partial charge in [0.1, 0.15) is 6.33 Å². The predicted molar refractivity (Wildman–Crippen MR) is 64.8 cm³/mol. The van der Waals surface area contributed by atoms with Gasteiger partial charge in [0.15, 0.2) is 11.5 Å². The van der Waals surface area contributed by atoms with Gasteiger partial charge in [-0.25, -0.2) is 14.8 Å². The predicted octanol–water partition coefficient (Wildman–Crippen LogP) is -0.553. The second kappa shape index (κ2) is 5.12. The minimum atomic E-state index is -1.20. The molecule has 0 saturated heterocycles. The number of carbonyl (C=O) groups excluding carboxylic acids is 1. The summed E-state index contributed by atoms with van der Waals surface area (Å²) in [6.07, 6.45) is 4.50. The minimum absolute atomic E-state index is 0.371. The second-order valence-corrected chi connectivity index (χ2v) is 3.51. The molecule has 0 aliphatic carbocycles. The third-order valence-corrected chi connectivity index (χ3v) is 2.21. The van der Waals surface area contributed by atoms with E-state index in [1.807, 2.05) is 0 Å². The first-order valence-corrected chi connectivity index (χ1v) is 5.17. The first-order chi connectivity index (χ1) is 9.08. The zero-order valence-corrected chi connectivity index (χ0v) is 9.86. The van der Waals surface area contributed by atoms with Crippen molar-refractivity contribution in [3.8, 4) is 0 Å². The maximum atomic E-state index is 11.3. The van der Waals surface area contributed by atoms with Crippen molar-refractivity contribution in [1.82, 2.24) is 25.2 Å². The number of aryl methyl sites for hydroxylation is 1. The van der Waals surface area contributed by atoms with Gasteiger partial charge in [-0.1, -0.05) is 0 Å². The van der Waals surface area contributed by atoms with Gasteiger partial charge in [0.05, 0.1) is 11.6 Å². The van der Waals surface area contributed by atoms with Gasteiger partial charge in [0, 0.05) is 19.2 Å². The summed E-state index contributed by atoms with van der Waals surface area (Å²) >= 11 is 0. The Balaban J connectivity index is 2.10. The molecule has 0 aliphatic heterocycles. The van der Waals surface area contributed by atoms with E-state index in [9.17, 15) is 9.59 Å². The van der Waals surface area contributed by atoms with Crippen LogP contribution in [0.2, 0.25) is 0 Å². The molecule has 98 valence electrons. The number of hydrogen-bond donors (Lipinski definition) is 3. The van der Waals surface area contributed by atoms with Crippen molar-refractivity contribution < 1.29 is 14.7 Å². The van der Waals surface area contributed by atoms with E-state index >= 15 is 0 Å². The van der Waals surface area contributed by atoms with Crippen molar-refractivity contribution >= 4 is 28.7 Å². The molecule has 0 bridgehead atoms. The molecule has 0 aromatic carbocycles. The van der Waals surface area contributed by atoms with Crippen LogP contribution in [0.25, 0.3) is 11.0 Å². The number of carboxylic acids is 1. The van der Waals surface area contributed by atoms with Crippen LogP contribution in [0.4, 0.5) is 5.82 Å². The lowest BCUT2D eigenvalue weighted by molar-refractivity contribution is -0.131. The maximum Gasteiger partial charge on any atom is 0.328 e. The number of hydrazine groups is 1. The number of fused-ring (bicyclic) bond motifs is 1. The third kappa shape index (κ3) is 2.83. The Morgan fingerprint density at radius 2 is 2.16 bits per heavy atom. The molecule has 0 radical (unpaired) electrons. The zero-order valence-electron chi connectivity index (χ0n) is 9.86. The van der Waals surface area contributed by atoms with Crippen LogP contribution in [-0.4, -0.2) is 36.7 Å². The number of carbonyl (C=O) groups is 2. The highest BCUT2D eigenvalue weighted by Crippen LogP contribution is 2.16. The average molecular weight is 262 g/mol. The first kappa shape index (κ1) is 12.5. The van der Waals surface area contributed by atoms with Crippen LogP contribution < -0.4 is 10.9 Å². The number of rotatable bonds is 4. The SMILES string of the molecule is Cn1ncc2c(NNC(=O)C=CC(=O)O)ncnc21. The van der Waals surface area contributed by atoms with Crippen molar-refractivity contribution in [1.29, 1.82) is 0 Å². The number of hydrogen-bond acceptors (Lipinski definition) is 6. The van der Waals surface area contributed by atoms with Gasteiger partial charge in [-0.15, -0.1) is 0 Å². The van der Waals surface area contributed by atoms with Gasteiger partial charge in [-0.3, -0.25) is 20.3 Å². The van der Waals surface area contributed by atoms with Crippen molar-refractivity contribution in [2.45, 2.75) is 0 Å². The zero-order chi connectivity index (χ0) is 13.8. The van der Waals surface area contributed by atoms with Crippen LogP contribution in [0.3, 0.4) is 0 Å². The summed E-state index contributed by atoms with van der Waals surface area (Å²) in [4.78, 5) is 29.5. The van der Waals surface area contributed by atoms with E-state index in [0.717, 1.165) is 12.2 Å². The number of anilines is 1. The standard InChI is InChI=1S/C10H10N6O3/c1-16-10-6(4-13-16)9(11-5-12-10)15-14-7(17)2-3-8(18)19/h2-5H,1H3,(H,14,17)(H,18,19)(H,11,12,15). The first-order valence-electron chi connectivity index (χ1n) is 5.17. The molecular weight excluding hydrogens is 252 g/mol. The lowest BCUT2D eigenvalue weighted by Crippen LogP contribution is -2.28.